The number of carbonyl (C=O) groups is 1. The summed E-state index contributed by atoms with van der Waals surface area (Å²) in [6, 6.07) is 9.17. The van der Waals surface area contributed by atoms with Crippen molar-refractivity contribution in [3.8, 4) is 0 Å². The second-order valence-corrected chi connectivity index (χ2v) is 8.95. The van der Waals surface area contributed by atoms with E-state index >= 15 is 0 Å². The minimum atomic E-state index is -0.144. The molecule has 0 aliphatic rings. The highest BCUT2D eigenvalue weighted by Crippen LogP contribution is 2.33. The predicted octanol–water partition coefficient (Wildman–Crippen LogP) is 6.21. The van der Waals surface area contributed by atoms with Gasteiger partial charge in [0.05, 0.1) is 10.2 Å². The minimum Gasteiger partial charge on any atom is -0.302 e. The number of benzene rings is 2. The fraction of sp³-hybridized carbons (Fsp3) is 0.364. The molecule has 2 aromatic carbocycles. The molecule has 0 aliphatic heterocycles. The number of fused-ring (bicyclic) bond motifs is 1. The van der Waals surface area contributed by atoms with Crippen LogP contribution >= 0.6 is 34.5 Å². The highest BCUT2D eigenvalue weighted by Gasteiger charge is 2.23. The Kier molecular flexibility index (Phi) is 7.17. The Morgan fingerprint density at radius 1 is 1.00 bits per heavy atom. The second-order valence-electron chi connectivity index (χ2n) is 7.07. The molecule has 0 atom stereocenters. The van der Waals surface area contributed by atoms with E-state index in [1.807, 2.05) is 0 Å². The standard InChI is InChI=1S/C22H25Cl2N3OS/c1-5-26(6-2)7-8-27(21(28)16-11-17(23)13-18(24)12-16)22-25-20-15(4)9-14(3)10-19(20)29-22/h9-13H,5-8H2,1-4H3. The third-order valence-electron chi connectivity index (χ3n) is 4.94. The quantitative estimate of drug-likeness (QED) is 0.430. The van der Waals surface area contributed by atoms with Crippen LogP contribution in [0.15, 0.2) is 30.3 Å². The van der Waals surface area contributed by atoms with Crippen LogP contribution in [0.1, 0.15) is 35.3 Å². The van der Waals surface area contributed by atoms with Crippen LogP contribution in [0, 0.1) is 13.8 Å². The van der Waals surface area contributed by atoms with Crippen molar-refractivity contribution >= 4 is 55.8 Å². The van der Waals surface area contributed by atoms with E-state index in [0.29, 0.717) is 27.3 Å². The summed E-state index contributed by atoms with van der Waals surface area (Å²) in [6.45, 7) is 11.5. The fourth-order valence-corrected chi connectivity index (χ4v) is 5.06. The van der Waals surface area contributed by atoms with Crippen molar-refractivity contribution in [1.82, 2.24) is 9.88 Å². The number of aryl methyl sites for hydroxylation is 2. The number of anilines is 1. The van der Waals surface area contributed by atoms with Gasteiger partial charge in [-0.1, -0.05) is 54.5 Å². The maximum atomic E-state index is 13.4. The predicted molar refractivity (Wildman–Crippen MR) is 125 cm³/mol. The number of nitrogens with zero attached hydrogens (tertiary/aromatic N) is 3. The molecule has 0 bridgehead atoms. The summed E-state index contributed by atoms with van der Waals surface area (Å²) >= 11 is 13.8. The van der Waals surface area contributed by atoms with Gasteiger partial charge in [0.2, 0.25) is 0 Å². The molecule has 1 heterocycles. The molecule has 0 radical (unpaired) electrons. The van der Waals surface area contributed by atoms with E-state index in [2.05, 4.69) is 44.7 Å². The topological polar surface area (TPSA) is 36.4 Å². The van der Waals surface area contributed by atoms with Gasteiger partial charge < -0.3 is 4.90 Å². The van der Waals surface area contributed by atoms with Crippen LogP contribution in [0.4, 0.5) is 5.13 Å². The Bertz CT molecular complexity index is 1010. The number of rotatable bonds is 7. The summed E-state index contributed by atoms with van der Waals surface area (Å²) in [5.74, 6) is -0.144. The number of hydrogen-bond acceptors (Lipinski definition) is 4. The molecule has 29 heavy (non-hydrogen) atoms. The Balaban J connectivity index is 2.02. The Morgan fingerprint density at radius 2 is 1.66 bits per heavy atom. The van der Waals surface area contributed by atoms with E-state index in [1.165, 1.54) is 5.56 Å². The van der Waals surface area contributed by atoms with Crippen LogP contribution in [-0.4, -0.2) is 42.0 Å². The van der Waals surface area contributed by atoms with Gasteiger partial charge in [-0.05, 0) is 62.3 Å². The average molecular weight is 450 g/mol. The first-order chi connectivity index (χ1) is 13.8. The summed E-state index contributed by atoms with van der Waals surface area (Å²) < 4.78 is 1.09. The van der Waals surface area contributed by atoms with E-state index in [1.54, 1.807) is 34.4 Å². The van der Waals surface area contributed by atoms with E-state index < -0.39 is 0 Å². The van der Waals surface area contributed by atoms with Crippen LogP contribution in [0.3, 0.4) is 0 Å². The van der Waals surface area contributed by atoms with E-state index in [9.17, 15) is 4.79 Å². The van der Waals surface area contributed by atoms with Gasteiger partial charge in [-0.15, -0.1) is 0 Å². The maximum absolute atomic E-state index is 13.4. The van der Waals surface area contributed by atoms with Crippen molar-refractivity contribution in [3.05, 3.63) is 57.1 Å². The molecule has 0 unspecified atom stereocenters. The molecule has 0 spiro atoms. The number of aromatic nitrogens is 1. The number of thiazole rings is 1. The van der Waals surface area contributed by atoms with Crippen LogP contribution in [0.25, 0.3) is 10.2 Å². The molecular weight excluding hydrogens is 425 g/mol. The zero-order valence-electron chi connectivity index (χ0n) is 17.1. The van der Waals surface area contributed by atoms with Gasteiger partial charge in [-0.3, -0.25) is 9.69 Å². The number of hydrogen-bond donors (Lipinski definition) is 0. The molecule has 7 heteroatoms. The lowest BCUT2D eigenvalue weighted by atomic mass is 10.1. The molecule has 0 N–H and O–H groups in total. The zero-order valence-corrected chi connectivity index (χ0v) is 19.5. The summed E-state index contributed by atoms with van der Waals surface area (Å²) in [5.41, 5.74) is 3.71. The van der Waals surface area contributed by atoms with E-state index in [4.69, 9.17) is 28.2 Å². The van der Waals surface area contributed by atoms with Gasteiger partial charge >= 0.3 is 0 Å². The summed E-state index contributed by atoms with van der Waals surface area (Å²) in [5, 5.41) is 1.59. The molecule has 0 aliphatic carbocycles. The minimum absolute atomic E-state index is 0.144. The van der Waals surface area contributed by atoms with Crippen molar-refractivity contribution in [2.45, 2.75) is 27.7 Å². The van der Waals surface area contributed by atoms with Crippen molar-refractivity contribution in [3.63, 3.8) is 0 Å². The third-order valence-corrected chi connectivity index (χ3v) is 6.40. The smallest absolute Gasteiger partial charge is 0.260 e. The van der Waals surface area contributed by atoms with E-state index in [-0.39, 0.29) is 5.91 Å². The fourth-order valence-electron chi connectivity index (χ4n) is 3.37. The Hall–Kier alpha value is -1.66. The highest BCUT2D eigenvalue weighted by atomic mass is 35.5. The van der Waals surface area contributed by atoms with Crippen LogP contribution in [0.5, 0.6) is 0 Å². The summed E-state index contributed by atoms with van der Waals surface area (Å²) in [7, 11) is 0. The first kappa shape index (κ1) is 22.0. The molecule has 4 nitrogen and oxygen atoms in total. The number of likely N-dealkylation sites (N-methyl/N-ethyl adjacent to an activating group) is 1. The van der Waals surface area contributed by atoms with Crippen molar-refractivity contribution in [1.29, 1.82) is 0 Å². The lowest BCUT2D eigenvalue weighted by Crippen LogP contribution is -2.38. The highest BCUT2D eigenvalue weighted by molar-refractivity contribution is 7.22. The monoisotopic (exact) mass is 449 g/mol. The lowest BCUT2D eigenvalue weighted by molar-refractivity contribution is 0.0984. The number of amides is 1. The van der Waals surface area contributed by atoms with Crippen molar-refractivity contribution in [2.75, 3.05) is 31.1 Å². The molecule has 3 rings (SSSR count). The normalized spacial score (nSPS) is 11.4. The van der Waals surface area contributed by atoms with Gasteiger partial charge in [-0.2, -0.15) is 0 Å². The third kappa shape index (κ3) is 5.10. The molecule has 1 amide bonds. The van der Waals surface area contributed by atoms with Gasteiger partial charge in [-0.25, -0.2) is 4.98 Å². The molecule has 0 saturated carbocycles. The van der Waals surface area contributed by atoms with Crippen molar-refractivity contribution in [2.24, 2.45) is 0 Å². The molecule has 0 saturated heterocycles. The van der Waals surface area contributed by atoms with Crippen molar-refractivity contribution < 1.29 is 4.79 Å². The molecule has 154 valence electrons. The molecule has 3 aromatic rings. The largest absolute Gasteiger partial charge is 0.302 e. The molecular formula is C22H25Cl2N3OS. The van der Waals surface area contributed by atoms with Crippen LogP contribution in [0.2, 0.25) is 10.0 Å². The van der Waals surface area contributed by atoms with Gasteiger partial charge in [0.25, 0.3) is 5.91 Å². The SMILES string of the molecule is CCN(CC)CCN(C(=O)c1cc(Cl)cc(Cl)c1)c1nc2c(C)cc(C)cc2s1. The number of carbonyl (C=O) groups excluding carboxylic acids is 1. The Morgan fingerprint density at radius 3 is 2.28 bits per heavy atom. The van der Waals surface area contributed by atoms with Gasteiger partial charge in [0, 0.05) is 28.7 Å². The van der Waals surface area contributed by atoms with E-state index in [0.717, 1.165) is 35.4 Å². The molecule has 0 fully saturated rings. The van der Waals surface area contributed by atoms with Crippen LogP contribution in [-0.2, 0) is 0 Å². The van der Waals surface area contributed by atoms with Gasteiger partial charge in [0.1, 0.15) is 0 Å². The first-order valence-electron chi connectivity index (χ1n) is 9.70. The zero-order chi connectivity index (χ0) is 21.1. The van der Waals surface area contributed by atoms with Crippen LogP contribution < -0.4 is 4.90 Å². The maximum Gasteiger partial charge on any atom is 0.260 e. The molecule has 1 aromatic heterocycles. The Labute approximate surface area is 186 Å². The number of halogens is 2. The lowest BCUT2D eigenvalue weighted by Gasteiger charge is -2.25. The average Bonchev–Trinajstić information content (AvgIpc) is 3.08. The van der Waals surface area contributed by atoms with Gasteiger partial charge in [0.15, 0.2) is 5.13 Å². The summed E-state index contributed by atoms with van der Waals surface area (Å²) in [4.78, 5) is 22.3. The summed E-state index contributed by atoms with van der Waals surface area (Å²) in [6.07, 6.45) is 0. The second kappa shape index (κ2) is 9.43. The first-order valence-corrected chi connectivity index (χ1v) is 11.3.